The predicted octanol–water partition coefficient (Wildman–Crippen LogP) is 3.40. The lowest BCUT2D eigenvalue weighted by Gasteiger charge is -2.26. The number of carbonyl (C=O) groups is 1. The van der Waals surface area contributed by atoms with Gasteiger partial charge in [-0.25, -0.2) is 9.78 Å². The molecule has 11 nitrogen and oxygen atoms in total. The van der Waals surface area contributed by atoms with Gasteiger partial charge in [0.05, 0.1) is 6.61 Å². The Morgan fingerprint density at radius 1 is 1.14 bits per heavy atom. The number of anilines is 4. The van der Waals surface area contributed by atoms with E-state index in [0.717, 1.165) is 38.8 Å². The molecule has 0 saturated carbocycles. The molecular weight excluding hydrogens is 481 g/mol. The summed E-state index contributed by atoms with van der Waals surface area (Å²) in [4.78, 5) is 29.6. The maximum Gasteiger partial charge on any atom is 0.421 e. The zero-order valence-electron chi connectivity index (χ0n) is 20.2. The van der Waals surface area contributed by atoms with Crippen molar-refractivity contribution in [3.8, 4) is 0 Å². The Hall–Kier alpha value is -3.29. The number of carbonyl (C=O) groups excluding carboxylic acids is 1. The van der Waals surface area contributed by atoms with Gasteiger partial charge in [0.25, 0.3) is 6.01 Å². The van der Waals surface area contributed by atoms with Gasteiger partial charge in [-0.3, -0.25) is 0 Å². The highest BCUT2D eigenvalue weighted by atomic mass is 19.4. The highest BCUT2D eigenvalue weighted by Crippen LogP contribution is 2.34. The summed E-state index contributed by atoms with van der Waals surface area (Å²) in [5, 5.41) is 5.52. The van der Waals surface area contributed by atoms with Crippen LogP contribution in [-0.2, 0) is 10.9 Å². The standard InChI is InChI=1S/C22H31F3N8O3/c1-31(11-12-32-7-2-3-8-32)20-29-17(15-36-20)28-19-27-14-16(22(23,24)25)18(30-19)26-6-4-9-33-10-5-13-35-21(33)34/h14-15H,2-13H2,1H3,(H2,26,27,28,30). The predicted molar refractivity (Wildman–Crippen MR) is 126 cm³/mol. The van der Waals surface area contributed by atoms with Crippen molar-refractivity contribution in [1.29, 1.82) is 0 Å². The van der Waals surface area contributed by atoms with Crippen molar-refractivity contribution >= 4 is 29.7 Å². The maximum atomic E-state index is 13.5. The van der Waals surface area contributed by atoms with E-state index >= 15 is 0 Å². The Morgan fingerprint density at radius 2 is 1.94 bits per heavy atom. The van der Waals surface area contributed by atoms with Crippen molar-refractivity contribution < 1.29 is 27.1 Å². The summed E-state index contributed by atoms with van der Waals surface area (Å²) in [7, 11) is 1.87. The van der Waals surface area contributed by atoms with Crippen LogP contribution in [0, 0.1) is 0 Å². The number of likely N-dealkylation sites (N-methyl/N-ethyl adjacent to an activating group) is 1. The Kier molecular flexibility index (Phi) is 8.33. The monoisotopic (exact) mass is 512 g/mol. The Morgan fingerprint density at radius 3 is 2.69 bits per heavy atom. The first-order valence-corrected chi connectivity index (χ1v) is 12.1. The number of aromatic nitrogens is 3. The van der Waals surface area contributed by atoms with Crippen molar-refractivity contribution in [2.24, 2.45) is 0 Å². The SMILES string of the molecule is CN(CCN1CCCC1)c1nc(Nc2ncc(C(F)(F)F)c(NCCCN3CCCOC3=O)n2)co1. The number of ether oxygens (including phenoxy) is 1. The summed E-state index contributed by atoms with van der Waals surface area (Å²) in [5.41, 5.74) is -0.979. The number of cyclic esters (lactones) is 1. The number of hydrogen-bond donors (Lipinski definition) is 2. The minimum Gasteiger partial charge on any atom is -0.449 e. The summed E-state index contributed by atoms with van der Waals surface area (Å²) in [6.45, 7) is 5.34. The highest BCUT2D eigenvalue weighted by Gasteiger charge is 2.35. The van der Waals surface area contributed by atoms with Gasteiger partial charge in [-0.05, 0) is 38.8 Å². The summed E-state index contributed by atoms with van der Waals surface area (Å²) >= 11 is 0. The number of nitrogens with one attached hydrogen (secondary N) is 2. The molecule has 2 aliphatic heterocycles. The number of rotatable bonds is 11. The molecule has 0 spiro atoms. The number of oxazole rings is 1. The van der Waals surface area contributed by atoms with Crippen molar-refractivity contribution in [1.82, 2.24) is 24.8 Å². The highest BCUT2D eigenvalue weighted by molar-refractivity contribution is 5.68. The average Bonchev–Trinajstić information content (AvgIpc) is 3.53. The van der Waals surface area contributed by atoms with Crippen LogP contribution >= 0.6 is 0 Å². The molecule has 0 unspecified atom stereocenters. The first-order valence-electron chi connectivity index (χ1n) is 12.1. The lowest BCUT2D eigenvalue weighted by atomic mass is 10.3. The van der Waals surface area contributed by atoms with Crippen LogP contribution in [0.2, 0.25) is 0 Å². The third kappa shape index (κ3) is 6.89. The lowest BCUT2D eigenvalue weighted by molar-refractivity contribution is -0.137. The van der Waals surface area contributed by atoms with Crippen molar-refractivity contribution in [3.05, 3.63) is 18.0 Å². The summed E-state index contributed by atoms with van der Waals surface area (Å²) < 4.78 is 50.9. The van der Waals surface area contributed by atoms with Gasteiger partial charge in [0.1, 0.15) is 17.6 Å². The number of likely N-dealkylation sites (tertiary alicyclic amines) is 1. The first-order chi connectivity index (χ1) is 17.3. The van der Waals surface area contributed by atoms with E-state index in [1.165, 1.54) is 24.0 Å². The largest absolute Gasteiger partial charge is 0.449 e. The second-order valence-electron chi connectivity index (χ2n) is 8.80. The van der Waals surface area contributed by atoms with E-state index in [9.17, 15) is 18.0 Å². The third-order valence-corrected chi connectivity index (χ3v) is 6.06. The van der Waals surface area contributed by atoms with Gasteiger partial charge < -0.3 is 34.5 Å². The topological polar surface area (TPSA) is 112 Å². The summed E-state index contributed by atoms with van der Waals surface area (Å²) in [6.07, 6.45) is 0.653. The van der Waals surface area contributed by atoms with Crippen LogP contribution in [0.15, 0.2) is 16.9 Å². The smallest absolute Gasteiger partial charge is 0.421 e. The summed E-state index contributed by atoms with van der Waals surface area (Å²) in [6, 6.07) is 0.387. The molecule has 4 rings (SSSR count). The van der Waals surface area contributed by atoms with Crippen LogP contribution in [0.25, 0.3) is 0 Å². The van der Waals surface area contributed by atoms with Gasteiger partial charge in [0.2, 0.25) is 5.95 Å². The molecule has 2 aliphatic rings. The fourth-order valence-corrected chi connectivity index (χ4v) is 4.07. The van der Waals surface area contributed by atoms with E-state index < -0.39 is 17.8 Å². The molecule has 0 aromatic carbocycles. The second kappa shape index (κ2) is 11.6. The Labute approximate surface area is 207 Å². The van der Waals surface area contributed by atoms with Gasteiger partial charge in [-0.15, -0.1) is 0 Å². The van der Waals surface area contributed by atoms with E-state index in [4.69, 9.17) is 9.15 Å². The molecule has 2 N–H and O–H groups in total. The number of halogens is 3. The maximum absolute atomic E-state index is 13.5. The fourth-order valence-electron chi connectivity index (χ4n) is 4.07. The molecular formula is C22H31F3N8O3. The number of amides is 1. The molecule has 14 heteroatoms. The van der Waals surface area contributed by atoms with Gasteiger partial charge in [0, 0.05) is 46.0 Å². The van der Waals surface area contributed by atoms with Crippen LogP contribution in [0.5, 0.6) is 0 Å². The zero-order chi connectivity index (χ0) is 25.5. The van der Waals surface area contributed by atoms with Crippen molar-refractivity contribution in [2.75, 3.05) is 75.0 Å². The number of nitrogens with zero attached hydrogens (tertiary/aromatic N) is 6. The van der Waals surface area contributed by atoms with Crippen LogP contribution in [0.4, 0.5) is 41.6 Å². The molecule has 2 aromatic rings. The van der Waals surface area contributed by atoms with Crippen molar-refractivity contribution in [3.63, 3.8) is 0 Å². The molecule has 2 fully saturated rings. The van der Waals surface area contributed by atoms with Gasteiger partial charge in [0.15, 0.2) is 5.82 Å². The van der Waals surface area contributed by atoms with Gasteiger partial charge >= 0.3 is 12.3 Å². The second-order valence-corrected chi connectivity index (χ2v) is 8.80. The van der Waals surface area contributed by atoms with Gasteiger partial charge in [-0.1, -0.05) is 0 Å². The minimum atomic E-state index is -4.63. The molecule has 1 amide bonds. The van der Waals surface area contributed by atoms with E-state index in [2.05, 4.69) is 30.5 Å². The van der Waals surface area contributed by atoms with E-state index in [0.29, 0.717) is 32.1 Å². The van der Waals surface area contributed by atoms with E-state index in [1.54, 1.807) is 0 Å². The first kappa shape index (κ1) is 25.8. The normalized spacial score (nSPS) is 16.8. The molecule has 198 valence electrons. The molecule has 2 saturated heterocycles. The molecule has 4 heterocycles. The third-order valence-electron chi connectivity index (χ3n) is 6.06. The van der Waals surface area contributed by atoms with Crippen LogP contribution in [-0.4, -0.2) is 90.3 Å². The lowest BCUT2D eigenvalue weighted by Crippen LogP contribution is -2.38. The molecule has 0 radical (unpaired) electrons. The molecule has 0 bridgehead atoms. The van der Waals surface area contributed by atoms with Crippen LogP contribution < -0.4 is 15.5 Å². The molecule has 0 atom stereocenters. The zero-order valence-corrected chi connectivity index (χ0v) is 20.2. The molecule has 0 aliphatic carbocycles. The van der Waals surface area contributed by atoms with Crippen LogP contribution in [0.3, 0.4) is 0 Å². The van der Waals surface area contributed by atoms with Crippen molar-refractivity contribution in [2.45, 2.75) is 31.9 Å². The Balaban J connectivity index is 1.34. The molecule has 36 heavy (non-hydrogen) atoms. The van der Waals surface area contributed by atoms with Gasteiger partial charge in [-0.2, -0.15) is 23.1 Å². The average molecular weight is 513 g/mol. The number of alkyl halides is 3. The summed E-state index contributed by atoms with van der Waals surface area (Å²) in [5.74, 6) is -0.121. The van der Waals surface area contributed by atoms with E-state index in [1.807, 2.05) is 11.9 Å². The molecule has 2 aromatic heterocycles. The quantitative estimate of drug-likeness (QED) is 0.435. The number of hydrogen-bond acceptors (Lipinski definition) is 10. The fraction of sp³-hybridized carbons (Fsp3) is 0.636. The van der Waals surface area contributed by atoms with E-state index in [-0.39, 0.29) is 24.1 Å². The Bertz CT molecular complexity index is 1010. The minimum absolute atomic E-state index is 0.0512. The van der Waals surface area contributed by atoms with Crippen LogP contribution in [0.1, 0.15) is 31.2 Å².